The lowest BCUT2D eigenvalue weighted by atomic mass is 10.1. The molecule has 0 saturated carbocycles. The van der Waals surface area contributed by atoms with Crippen LogP contribution in [0.15, 0.2) is 18.2 Å². The average molecular weight is 209 g/mol. The predicted molar refractivity (Wildman–Crippen MR) is 57.5 cm³/mol. The van der Waals surface area contributed by atoms with Crippen molar-refractivity contribution >= 4 is 11.8 Å². The van der Waals surface area contributed by atoms with Gasteiger partial charge in [-0.05, 0) is 22.9 Å². The van der Waals surface area contributed by atoms with Crippen molar-refractivity contribution in [1.82, 2.24) is 0 Å². The Labute approximate surface area is 87.9 Å². The normalized spacial score (nSPS) is 10.2. The molecular formula is C11H12FNS. The molecule has 0 aliphatic rings. The molecule has 74 valence electrons. The van der Waals surface area contributed by atoms with E-state index in [9.17, 15) is 4.39 Å². The van der Waals surface area contributed by atoms with Gasteiger partial charge in [-0.15, -0.1) is 0 Å². The molecule has 0 spiro atoms. The summed E-state index contributed by atoms with van der Waals surface area (Å²) in [7, 11) is 0. The van der Waals surface area contributed by atoms with Gasteiger partial charge < -0.3 is 0 Å². The summed E-state index contributed by atoms with van der Waals surface area (Å²) >= 11 is 1.78. The van der Waals surface area contributed by atoms with Gasteiger partial charge in [-0.2, -0.15) is 17.0 Å². The third-order valence-corrected chi connectivity index (χ3v) is 2.90. The van der Waals surface area contributed by atoms with Crippen LogP contribution < -0.4 is 0 Å². The van der Waals surface area contributed by atoms with Crippen LogP contribution in [-0.4, -0.2) is 5.25 Å². The summed E-state index contributed by atoms with van der Waals surface area (Å²) < 4.78 is 12.9. The number of nitrogens with zero attached hydrogens (tertiary/aromatic N) is 1. The van der Waals surface area contributed by atoms with Gasteiger partial charge >= 0.3 is 0 Å². The van der Waals surface area contributed by atoms with Crippen LogP contribution in [-0.2, 0) is 5.75 Å². The summed E-state index contributed by atoms with van der Waals surface area (Å²) in [6, 6.07) is 6.54. The van der Waals surface area contributed by atoms with Crippen molar-refractivity contribution in [2.24, 2.45) is 0 Å². The summed E-state index contributed by atoms with van der Waals surface area (Å²) in [6.45, 7) is 4.22. The molecule has 0 amide bonds. The van der Waals surface area contributed by atoms with E-state index in [4.69, 9.17) is 5.26 Å². The second-order valence-corrected chi connectivity index (χ2v) is 4.85. The molecule has 0 aromatic heterocycles. The summed E-state index contributed by atoms with van der Waals surface area (Å²) in [4.78, 5) is 0. The molecule has 3 heteroatoms. The largest absolute Gasteiger partial charge is 0.206 e. The van der Waals surface area contributed by atoms with Crippen LogP contribution in [0.3, 0.4) is 0 Å². The highest BCUT2D eigenvalue weighted by atomic mass is 32.2. The maximum atomic E-state index is 12.9. The Morgan fingerprint density at radius 3 is 2.79 bits per heavy atom. The van der Waals surface area contributed by atoms with E-state index < -0.39 is 5.82 Å². The van der Waals surface area contributed by atoms with Gasteiger partial charge in [0, 0.05) is 5.75 Å². The van der Waals surface area contributed by atoms with E-state index in [0.29, 0.717) is 5.25 Å². The first-order chi connectivity index (χ1) is 6.63. The molecule has 0 fully saturated rings. The number of hydrogen-bond donors (Lipinski definition) is 0. The van der Waals surface area contributed by atoms with Crippen LogP contribution in [0.1, 0.15) is 25.0 Å². The summed E-state index contributed by atoms with van der Waals surface area (Å²) in [5.41, 5.74) is 1.13. The van der Waals surface area contributed by atoms with Gasteiger partial charge in [0.2, 0.25) is 0 Å². The number of benzene rings is 1. The Balaban J connectivity index is 2.76. The fourth-order valence-corrected chi connectivity index (χ4v) is 1.72. The van der Waals surface area contributed by atoms with E-state index in [2.05, 4.69) is 13.8 Å². The van der Waals surface area contributed by atoms with Crippen LogP contribution in [0.4, 0.5) is 4.39 Å². The van der Waals surface area contributed by atoms with Crippen molar-refractivity contribution in [3.05, 3.63) is 35.1 Å². The number of hydrogen-bond acceptors (Lipinski definition) is 2. The van der Waals surface area contributed by atoms with Crippen LogP contribution in [0.25, 0.3) is 0 Å². The minimum absolute atomic E-state index is 0.131. The van der Waals surface area contributed by atoms with Crippen LogP contribution in [0, 0.1) is 17.1 Å². The van der Waals surface area contributed by atoms with E-state index in [1.54, 1.807) is 23.9 Å². The zero-order valence-corrected chi connectivity index (χ0v) is 9.07. The SMILES string of the molecule is CC(C)SCc1ccc(F)c(C#N)c1. The Kier molecular flexibility index (Phi) is 3.97. The molecule has 0 aliphatic carbocycles. The molecule has 0 unspecified atom stereocenters. The molecule has 0 radical (unpaired) electrons. The summed E-state index contributed by atoms with van der Waals surface area (Å²) in [5, 5.41) is 9.17. The van der Waals surface area contributed by atoms with Crippen molar-refractivity contribution in [1.29, 1.82) is 5.26 Å². The number of nitriles is 1. The number of rotatable bonds is 3. The smallest absolute Gasteiger partial charge is 0.140 e. The molecule has 1 aromatic rings. The second-order valence-electron chi connectivity index (χ2n) is 3.29. The predicted octanol–water partition coefficient (Wildman–Crippen LogP) is 3.34. The fraction of sp³-hybridized carbons (Fsp3) is 0.364. The first-order valence-electron chi connectivity index (χ1n) is 4.43. The molecule has 0 atom stereocenters. The van der Waals surface area contributed by atoms with Gasteiger partial charge in [0.25, 0.3) is 0 Å². The Hall–Kier alpha value is -1.01. The van der Waals surface area contributed by atoms with Crippen LogP contribution in [0.2, 0.25) is 0 Å². The standard InChI is InChI=1S/C11H12FNS/c1-8(2)14-7-9-3-4-11(12)10(5-9)6-13/h3-5,8H,7H2,1-2H3. The lowest BCUT2D eigenvalue weighted by molar-refractivity contribution is 0.623. The highest BCUT2D eigenvalue weighted by molar-refractivity contribution is 7.99. The van der Waals surface area contributed by atoms with Gasteiger partial charge in [-0.25, -0.2) is 4.39 Å². The van der Waals surface area contributed by atoms with Crippen molar-refractivity contribution < 1.29 is 4.39 Å². The maximum Gasteiger partial charge on any atom is 0.140 e. The molecule has 1 rings (SSSR count). The third kappa shape index (κ3) is 3.04. The molecule has 14 heavy (non-hydrogen) atoms. The van der Waals surface area contributed by atoms with Crippen molar-refractivity contribution in [3.8, 4) is 6.07 Å². The van der Waals surface area contributed by atoms with E-state index in [0.717, 1.165) is 11.3 Å². The lowest BCUT2D eigenvalue weighted by Crippen LogP contribution is -1.91. The minimum Gasteiger partial charge on any atom is -0.206 e. The highest BCUT2D eigenvalue weighted by Gasteiger charge is 2.03. The lowest BCUT2D eigenvalue weighted by Gasteiger charge is -2.05. The first kappa shape index (κ1) is 11.1. The molecule has 0 bridgehead atoms. The quantitative estimate of drug-likeness (QED) is 0.762. The van der Waals surface area contributed by atoms with E-state index in [1.165, 1.54) is 6.07 Å². The highest BCUT2D eigenvalue weighted by Crippen LogP contribution is 2.18. The van der Waals surface area contributed by atoms with E-state index in [1.807, 2.05) is 6.07 Å². The van der Waals surface area contributed by atoms with Crippen LogP contribution >= 0.6 is 11.8 Å². The van der Waals surface area contributed by atoms with Crippen molar-refractivity contribution in [2.75, 3.05) is 0 Å². The van der Waals surface area contributed by atoms with Gasteiger partial charge in [0.05, 0.1) is 5.56 Å². The van der Waals surface area contributed by atoms with E-state index in [-0.39, 0.29) is 5.56 Å². The van der Waals surface area contributed by atoms with Gasteiger partial charge in [-0.3, -0.25) is 0 Å². The van der Waals surface area contributed by atoms with Crippen LogP contribution in [0.5, 0.6) is 0 Å². The number of halogens is 1. The first-order valence-corrected chi connectivity index (χ1v) is 5.48. The molecular weight excluding hydrogens is 197 g/mol. The van der Waals surface area contributed by atoms with Gasteiger partial charge in [-0.1, -0.05) is 19.9 Å². The summed E-state index contributed by atoms with van der Waals surface area (Å²) in [5.74, 6) is 0.387. The average Bonchev–Trinajstić information content (AvgIpc) is 2.16. The third-order valence-electron chi connectivity index (χ3n) is 1.73. The monoisotopic (exact) mass is 209 g/mol. The Morgan fingerprint density at radius 2 is 2.21 bits per heavy atom. The second kappa shape index (κ2) is 5.02. The van der Waals surface area contributed by atoms with Crippen molar-refractivity contribution in [2.45, 2.75) is 24.9 Å². The number of thioether (sulfide) groups is 1. The summed E-state index contributed by atoms with van der Waals surface area (Å²) in [6.07, 6.45) is 0. The molecule has 0 aliphatic heterocycles. The molecule has 0 saturated heterocycles. The topological polar surface area (TPSA) is 23.8 Å². The zero-order valence-electron chi connectivity index (χ0n) is 8.25. The Bertz CT molecular complexity index is 355. The fourth-order valence-electron chi connectivity index (χ4n) is 1.01. The van der Waals surface area contributed by atoms with Gasteiger partial charge in [0.15, 0.2) is 0 Å². The minimum atomic E-state index is -0.439. The molecule has 0 heterocycles. The van der Waals surface area contributed by atoms with E-state index >= 15 is 0 Å². The molecule has 1 nitrogen and oxygen atoms in total. The zero-order chi connectivity index (χ0) is 10.6. The van der Waals surface area contributed by atoms with Gasteiger partial charge in [0.1, 0.15) is 11.9 Å². The Morgan fingerprint density at radius 1 is 1.50 bits per heavy atom. The maximum absolute atomic E-state index is 12.9. The molecule has 1 aromatic carbocycles. The molecule has 0 N–H and O–H groups in total. The van der Waals surface area contributed by atoms with Crippen molar-refractivity contribution in [3.63, 3.8) is 0 Å².